The largest absolute Gasteiger partial charge is 0.493 e. The van der Waals surface area contributed by atoms with Crippen LogP contribution >= 0.6 is 0 Å². The van der Waals surface area contributed by atoms with E-state index in [-0.39, 0.29) is 16.0 Å². The second-order valence-corrected chi connectivity index (χ2v) is 17.5. The van der Waals surface area contributed by atoms with E-state index in [9.17, 15) is 8.42 Å². The number of hydrogen-bond donors (Lipinski definition) is 0. The van der Waals surface area contributed by atoms with Gasteiger partial charge in [0, 0.05) is 6.61 Å². The standard InChI is InChI=1S/C32H40O4SSi/c1-32(2,3)38(4,5)36-23-15-20-29(35-24-25-37(33,34)30-21-13-8-14-22-30)26-31(27-16-9-6-10-17-27)28-18-11-7-12-19-28/h6-14,16-19,21-22,24-26,29H,15,20,23H2,1-5H3/b25-24+. The van der Waals surface area contributed by atoms with Crippen LogP contribution in [0.15, 0.2) is 114 Å². The van der Waals surface area contributed by atoms with Crippen LogP contribution in [0.4, 0.5) is 0 Å². The van der Waals surface area contributed by atoms with Gasteiger partial charge in [-0.05, 0) is 65.9 Å². The predicted molar refractivity (Wildman–Crippen MR) is 160 cm³/mol. The normalized spacial score (nSPS) is 13.3. The second kappa shape index (κ2) is 13.2. The zero-order valence-electron chi connectivity index (χ0n) is 23.1. The molecule has 1 unspecified atom stereocenters. The molecule has 202 valence electrons. The molecule has 0 spiro atoms. The average molecular weight is 549 g/mol. The van der Waals surface area contributed by atoms with E-state index in [4.69, 9.17) is 9.16 Å². The Morgan fingerprint density at radius 2 is 1.34 bits per heavy atom. The van der Waals surface area contributed by atoms with Gasteiger partial charge in [-0.3, -0.25) is 0 Å². The van der Waals surface area contributed by atoms with Crippen molar-refractivity contribution >= 4 is 23.7 Å². The van der Waals surface area contributed by atoms with Gasteiger partial charge in [0.2, 0.25) is 9.84 Å². The van der Waals surface area contributed by atoms with E-state index in [1.54, 1.807) is 30.3 Å². The van der Waals surface area contributed by atoms with E-state index < -0.39 is 18.2 Å². The third-order valence-electron chi connectivity index (χ3n) is 6.98. The Morgan fingerprint density at radius 3 is 1.84 bits per heavy atom. The van der Waals surface area contributed by atoms with Crippen molar-refractivity contribution < 1.29 is 17.6 Å². The molecule has 0 radical (unpaired) electrons. The van der Waals surface area contributed by atoms with Crippen molar-refractivity contribution in [3.8, 4) is 0 Å². The molecule has 0 fully saturated rings. The van der Waals surface area contributed by atoms with Crippen molar-refractivity contribution in [2.75, 3.05) is 6.61 Å². The summed E-state index contributed by atoms with van der Waals surface area (Å²) in [7, 11) is -5.45. The summed E-state index contributed by atoms with van der Waals surface area (Å²) in [5.74, 6) is 0. The number of sulfone groups is 1. The molecule has 3 aromatic carbocycles. The summed E-state index contributed by atoms with van der Waals surface area (Å²) in [6.45, 7) is 11.8. The minimum absolute atomic E-state index is 0.144. The van der Waals surface area contributed by atoms with Gasteiger partial charge < -0.3 is 9.16 Å². The van der Waals surface area contributed by atoms with Gasteiger partial charge >= 0.3 is 0 Å². The van der Waals surface area contributed by atoms with Crippen LogP contribution in [0, 0.1) is 0 Å². The van der Waals surface area contributed by atoms with Gasteiger partial charge in [0.05, 0.1) is 16.6 Å². The molecule has 38 heavy (non-hydrogen) atoms. The molecule has 0 aliphatic rings. The molecule has 0 amide bonds. The average Bonchev–Trinajstić information content (AvgIpc) is 2.90. The molecular weight excluding hydrogens is 509 g/mol. The molecule has 0 aliphatic heterocycles. The Morgan fingerprint density at radius 1 is 0.842 bits per heavy atom. The van der Waals surface area contributed by atoms with E-state index in [0.29, 0.717) is 13.0 Å². The number of rotatable bonds is 12. The molecule has 0 saturated heterocycles. The van der Waals surface area contributed by atoms with Gasteiger partial charge in [0.1, 0.15) is 6.10 Å². The van der Waals surface area contributed by atoms with Gasteiger partial charge in [-0.2, -0.15) is 0 Å². The van der Waals surface area contributed by atoms with Crippen molar-refractivity contribution in [1.82, 2.24) is 0 Å². The summed E-state index contributed by atoms with van der Waals surface area (Å²) in [4.78, 5) is 0.240. The van der Waals surface area contributed by atoms with Crippen LogP contribution in [0.3, 0.4) is 0 Å². The van der Waals surface area contributed by atoms with Gasteiger partial charge in [-0.1, -0.05) is 99.6 Å². The maximum Gasteiger partial charge on any atom is 0.202 e. The molecule has 3 rings (SSSR count). The summed E-state index contributed by atoms with van der Waals surface area (Å²) in [5, 5.41) is 1.28. The van der Waals surface area contributed by atoms with Crippen LogP contribution in [0.2, 0.25) is 18.1 Å². The highest BCUT2D eigenvalue weighted by molar-refractivity contribution is 7.94. The third kappa shape index (κ3) is 8.55. The van der Waals surface area contributed by atoms with E-state index in [1.165, 1.54) is 6.26 Å². The molecule has 4 nitrogen and oxygen atoms in total. The highest BCUT2D eigenvalue weighted by atomic mass is 32.2. The van der Waals surface area contributed by atoms with Crippen molar-refractivity contribution in [2.45, 2.75) is 62.7 Å². The topological polar surface area (TPSA) is 52.6 Å². The maximum absolute atomic E-state index is 12.7. The molecular formula is C32H40O4SSi. The van der Waals surface area contributed by atoms with Gasteiger partial charge in [0.25, 0.3) is 0 Å². The van der Waals surface area contributed by atoms with Crippen LogP contribution in [0.25, 0.3) is 5.57 Å². The first-order chi connectivity index (χ1) is 18.0. The Balaban J connectivity index is 1.85. The molecule has 0 heterocycles. The lowest BCUT2D eigenvalue weighted by Gasteiger charge is -2.36. The fourth-order valence-electron chi connectivity index (χ4n) is 3.69. The summed E-state index contributed by atoms with van der Waals surface area (Å²) < 4.78 is 38.0. The molecule has 0 saturated carbocycles. The fourth-order valence-corrected chi connectivity index (χ4v) is 5.69. The lowest BCUT2D eigenvalue weighted by molar-refractivity contribution is 0.164. The van der Waals surface area contributed by atoms with E-state index in [0.717, 1.165) is 28.5 Å². The zero-order chi connectivity index (χ0) is 27.7. The molecule has 3 aromatic rings. The van der Waals surface area contributed by atoms with Gasteiger partial charge in [-0.25, -0.2) is 8.42 Å². The fraction of sp³-hybridized carbons (Fsp3) is 0.312. The SMILES string of the molecule is CC(C)(C)[Si](C)(C)OCCCC(C=C(c1ccccc1)c1ccccc1)O/C=C/S(=O)(=O)c1ccccc1. The van der Waals surface area contributed by atoms with Crippen LogP contribution in [0.1, 0.15) is 44.7 Å². The lowest BCUT2D eigenvalue weighted by atomic mass is 9.95. The van der Waals surface area contributed by atoms with Crippen molar-refractivity contribution in [2.24, 2.45) is 0 Å². The minimum atomic E-state index is -3.60. The molecule has 0 N–H and O–H groups in total. The zero-order valence-corrected chi connectivity index (χ0v) is 24.9. The van der Waals surface area contributed by atoms with Crippen LogP contribution in [0.5, 0.6) is 0 Å². The summed E-state index contributed by atoms with van der Waals surface area (Å²) in [6.07, 6.45) is 4.55. The number of ether oxygens (including phenoxy) is 1. The first kappa shape index (κ1) is 29.6. The maximum atomic E-state index is 12.7. The second-order valence-electron chi connectivity index (χ2n) is 10.9. The smallest absolute Gasteiger partial charge is 0.202 e. The quantitative estimate of drug-likeness (QED) is 0.130. The number of benzene rings is 3. The Bertz CT molecular complexity index is 1250. The molecule has 6 heteroatoms. The first-order valence-corrected chi connectivity index (χ1v) is 17.5. The van der Waals surface area contributed by atoms with Crippen LogP contribution < -0.4 is 0 Å². The van der Waals surface area contributed by atoms with Crippen molar-refractivity contribution in [3.05, 3.63) is 120 Å². The van der Waals surface area contributed by atoms with Crippen LogP contribution in [-0.2, 0) is 19.0 Å². The molecule has 0 aliphatic carbocycles. The first-order valence-electron chi connectivity index (χ1n) is 13.1. The molecule has 1 atom stereocenters. The monoisotopic (exact) mass is 548 g/mol. The van der Waals surface area contributed by atoms with Gasteiger partial charge in [0.15, 0.2) is 8.32 Å². The highest BCUT2D eigenvalue weighted by Gasteiger charge is 2.36. The Kier molecular flexibility index (Phi) is 10.3. The minimum Gasteiger partial charge on any atom is -0.493 e. The van der Waals surface area contributed by atoms with E-state index >= 15 is 0 Å². The third-order valence-corrected chi connectivity index (χ3v) is 12.9. The van der Waals surface area contributed by atoms with Gasteiger partial charge in [-0.15, -0.1) is 0 Å². The summed E-state index contributed by atoms with van der Waals surface area (Å²) in [5.41, 5.74) is 3.19. The van der Waals surface area contributed by atoms with Crippen molar-refractivity contribution in [1.29, 1.82) is 0 Å². The van der Waals surface area contributed by atoms with E-state index in [2.05, 4.69) is 64.2 Å². The number of hydrogen-bond acceptors (Lipinski definition) is 4. The summed E-state index contributed by atoms with van der Waals surface area (Å²) in [6, 6.07) is 28.7. The summed E-state index contributed by atoms with van der Waals surface area (Å²) >= 11 is 0. The Labute approximate surface area is 230 Å². The van der Waals surface area contributed by atoms with Crippen molar-refractivity contribution in [3.63, 3.8) is 0 Å². The Hall–Kier alpha value is -2.93. The van der Waals surface area contributed by atoms with Crippen LogP contribution in [-0.4, -0.2) is 29.4 Å². The molecule has 0 bridgehead atoms. The lowest BCUT2D eigenvalue weighted by Crippen LogP contribution is -2.41. The highest BCUT2D eigenvalue weighted by Crippen LogP contribution is 2.36. The molecule has 0 aromatic heterocycles. The predicted octanol–water partition coefficient (Wildman–Crippen LogP) is 8.25. The van der Waals surface area contributed by atoms with E-state index in [1.807, 2.05) is 36.4 Å².